The van der Waals surface area contributed by atoms with Crippen LogP contribution >= 0.6 is 0 Å². The summed E-state index contributed by atoms with van der Waals surface area (Å²) in [6, 6.07) is 1.49. The number of nitrogens with one attached hydrogen (secondary N) is 1. The van der Waals surface area contributed by atoms with Gasteiger partial charge in [0.15, 0.2) is 0 Å². The average Bonchev–Trinajstić information content (AvgIpc) is 2.38. The van der Waals surface area contributed by atoms with Crippen molar-refractivity contribution in [2.75, 3.05) is 12.3 Å². The van der Waals surface area contributed by atoms with E-state index in [0.717, 1.165) is 19.3 Å². The van der Waals surface area contributed by atoms with Crippen molar-refractivity contribution in [1.29, 1.82) is 0 Å². The Bertz CT molecular complexity index is 475. The SMILES string of the molecule is CCCCCCCCNS(=O)(=O)c1cnccc1N. The molecule has 0 spiro atoms. The molecule has 0 saturated heterocycles. The van der Waals surface area contributed by atoms with E-state index in [2.05, 4.69) is 16.6 Å². The van der Waals surface area contributed by atoms with Crippen molar-refractivity contribution in [3.8, 4) is 0 Å². The molecule has 0 bridgehead atoms. The van der Waals surface area contributed by atoms with E-state index in [1.54, 1.807) is 0 Å². The second-order valence-electron chi connectivity index (χ2n) is 4.58. The van der Waals surface area contributed by atoms with Crippen LogP contribution in [0.15, 0.2) is 23.4 Å². The molecule has 1 rings (SSSR count). The molecule has 0 unspecified atom stereocenters. The molecule has 0 atom stereocenters. The molecule has 0 aliphatic carbocycles. The van der Waals surface area contributed by atoms with Crippen LogP contribution in [0.3, 0.4) is 0 Å². The third-order valence-corrected chi connectivity index (χ3v) is 4.43. The number of nitrogen functional groups attached to an aromatic ring is 1. The van der Waals surface area contributed by atoms with Gasteiger partial charge in [-0.1, -0.05) is 39.0 Å². The minimum Gasteiger partial charge on any atom is -0.398 e. The first-order valence-corrected chi connectivity index (χ1v) is 8.25. The number of nitrogens with two attached hydrogens (primary N) is 1. The number of pyridine rings is 1. The van der Waals surface area contributed by atoms with E-state index in [1.165, 1.54) is 37.7 Å². The average molecular weight is 285 g/mol. The van der Waals surface area contributed by atoms with E-state index in [9.17, 15) is 8.42 Å². The van der Waals surface area contributed by atoms with Gasteiger partial charge < -0.3 is 5.73 Å². The van der Waals surface area contributed by atoms with Crippen molar-refractivity contribution in [3.63, 3.8) is 0 Å². The Hall–Kier alpha value is -1.14. The van der Waals surface area contributed by atoms with E-state index < -0.39 is 10.0 Å². The fraction of sp³-hybridized carbons (Fsp3) is 0.615. The number of nitrogens with zero attached hydrogens (tertiary/aromatic N) is 1. The van der Waals surface area contributed by atoms with Gasteiger partial charge in [0, 0.05) is 18.9 Å². The van der Waals surface area contributed by atoms with Crippen LogP contribution in [0.4, 0.5) is 5.69 Å². The monoisotopic (exact) mass is 285 g/mol. The number of hydrogen-bond acceptors (Lipinski definition) is 4. The highest BCUT2D eigenvalue weighted by Gasteiger charge is 2.16. The molecule has 108 valence electrons. The zero-order valence-electron chi connectivity index (χ0n) is 11.4. The second-order valence-corrected chi connectivity index (χ2v) is 6.31. The van der Waals surface area contributed by atoms with Gasteiger partial charge in [0.25, 0.3) is 0 Å². The Labute approximate surface area is 115 Å². The summed E-state index contributed by atoms with van der Waals surface area (Å²) in [4.78, 5) is 3.85. The summed E-state index contributed by atoms with van der Waals surface area (Å²) >= 11 is 0. The minimum absolute atomic E-state index is 0.0565. The summed E-state index contributed by atoms with van der Waals surface area (Å²) in [6.07, 6.45) is 9.49. The first-order chi connectivity index (χ1) is 9.08. The highest BCUT2D eigenvalue weighted by molar-refractivity contribution is 7.89. The summed E-state index contributed by atoms with van der Waals surface area (Å²) in [5.41, 5.74) is 5.86. The molecule has 0 amide bonds. The van der Waals surface area contributed by atoms with Crippen LogP contribution in [0.2, 0.25) is 0 Å². The maximum atomic E-state index is 12.0. The maximum Gasteiger partial charge on any atom is 0.244 e. The molecule has 0 aliphatic rings. The number of unbranched alkanes of at least 4 members (excludes halogenated alkanes) is 5. The van der Waals surface area contributed by atoms with Crippen LogP contribution < -0.4 is 10.5 Å². The second kappa shape index (κ2) is 8.12. The largest absolute Gasteiger partial charge is 0.398 e. The maximum absolute atomic E-state index is 12.0. The fourth-order valence-electron chi connectivity index (χ4n) is 1.80. The van der Waals surface area contributed by atoms with Gasteiger partial charge in [0.1, 0.15) is 4.90 Å². The molecule has 1 heterocycles. The van der Waals surface area contributed by atoms with Crippen molar-refractivity contribution >= 4 is 15.7 Å². The van der Waals surface area contributed by atoms with Crippen LogP contribution in [0.25, 0.3) is 0 Å². The van der Waals surface area contributed by atoms with Gasteiger partial charge in [-0.25, -0.2) is 13.1 Å². The van der Waals surface area contributed by atoms with Gasteiger partial charge in [-0.3, -0.25) is 4.98 Å². The zero-order valence-corrected chi connectivity index (χ0v) is 12.2. The molecule has 6 heteroatoms. The van der Waals surface area contributed by atoms with E-state index >= 15 is 0 Å². The Morgan fingerprint density at radius 2 is 1.89 bits per heavy atom. The van der Waals surface area contributed by atoms with Gasteiger partial charge in [-0.05, 0) is 12.5 Å². The first-order valence-electron chi connectivity index (χ1n) is 6.77. The third kappa shape index (κ3) is 5.57. The molecule has 3 N–H and O–H groups in total. The Morgan fingerprint density at radius 1 is 1.21 bits per heavy atom. The van der Waals surface area contributed by atoms with Crippen molar-refractivity contribution < 1.29 is 8.42 Å². The molecule has 1 aromatic rings. The quantitative estimate of drug-likeness (QED) is 0.682. The van der Waals surface area contributed by atoms with E-state index in [4.69, 9.17) is 5.73 Å². The van der Waals surface area contributed by atoms with Gasteiger partial charge in [-0.15, -0.1) is 0 Å². The smallest absolute Gasteiger partial charge is 0.244 e. The van der Waals surface area contributed by atoms with Gasteiger partial charge >= 0.3 is 0 Å². The number of hydrogen-bond donors (Lipinski definition) is 2. The molecule has 0 fully saturated rings. The Kier molecular flexibility index (Phi) is 6.80. The van der Waals surface area contributed by atoms with E-state index in [1.807, 2.05) is 0 Å². The Balaban J connectivity index is 2.34. The summed E-state index contributed by atoms with van der Waals surface area (Å²) in [6.45, 7) is 2.62. The van der Waals surface area contributed by atoms with Crippen molar-refractivity contribution in [2.24, 2.45) is 0 Å². The van der Waals surface area contributed by atoms with Crippen molar-refractivity contribution in [2.45, 2.75) is 50.3 Å². The third-order valence-electron chi connectivity index (χ3n) is 2.93. The normalized spacial score (nSPS) is 11.6. The lowest BCUT2D eigenvalue weighted by atomic mass is 10.1. The minimum atomic E-state index is -3.53. The summed E-state index contributed by atoms with van der Waals surface area (Å²) in [5, 5.41) is 0. The van der Waals surface area contributed by atoms with Gasteiger partial charge in [0.05, 0.1) is 5.69 Å². The van der Waals surface area contributed by atoms with E-state index in [-0.39, 0.29) is 10.6 Å². The van der Waals surface area contributed by atoms with Crippen LogP contribution in [0.5, 0.6) is 0 Å². The molecule has 0 aliphatic heterocycles. The number of aromatic nitrogens is 1. The highest BCUT2D eigenvalue weighted by atomic mass is 32.2. The molecule has 0 saturated carbocycles. The van der Waals surface area contributed by atoms with Gasteiger partial charge in [-0.2, -0.15) is 0 Å². The lowest BCUT2D eigenvalue weighted by Gasteiger charge is -2.08. The lowest BCUT2D eigenvalue weighted by molar-refractivity contribution is 0.567. The van der Waals surface area contributed by atoms with Crippen LogP contribution in [-0.4, -0.2) is 19.9 Å². The molecule has 5 nitrogen and oxygen atoms in total. The molecular formula is C13H23N3O2S. The summed E-state index contributed by atoms with van der Waals surface area (Å²) in [5.74, 6) is 0. The van der Waals surface area contributed by atoms with Crippen molar-refractivity contribution in [1.82, 2.24) is 9.71 Å². The zero-order chi connectivity index (χ0) is 14.1. The lowest BCUT2D eigenvalue weighted by Crippen LogP contribution is -2.25. The highest BCUT2D eigenvalue weighted by Crippen LogP contribution is 2.15. The van der Waals surface area contributed by atoms with Crippen molar-refractivity contribution in [3.05, 3.63) is 18.5 Å². The van der Waals surface area contributed by atoms with Crippen LogP contribution in [0.1, 0.15) is 45.4 Å². The molecular weight excluding hydrogens is 262 g/mol. The van der Waals surface area contributed by atoms with Crippen LogP contribution in [-0.2, 0) is 10.0 Å². The number of anilines is 1. The first kappa shape index (κ1) is 15.9. The predicted molar refractivity (Wildman–Crippen MR) is 77.2 cm³/mol. The Morgan fingerprint density at radius 3 is 2.58 bits per heavy atom. The fourth-order valence-corrected chi connectivity index (χ4v) is 2.95. The molecule has 19 heavy (non-hydrogen) atoms. The van der Waals surface area contributed by atoms with Gasteiger partial charge in [0.2, 0.25) is 10.0 Å². The predicted octanol–water partition coefficient (Wildman–Crippen LogP) is 2.30. The standard InChI is InChI=1S/C13H23N3O2S/c1-2-3-4-5-6-7-9-16-19(17,18)13-11-15-10-8-12(13)14/h8,10-11,16H,2-7,9H2,1H3,(H2,14,15). The summed E-state index contributed by atoms with van der Waals surface area (Å²) < 4.78 is 26.5. The molecule has 0 aromatic carbocycles. The van der Waals surface area contributed by atoms with E-state index in [0.29, 0.717) is 6.54 Å². The topological polar surface area (TPSA) is 85.1 Å². The summed E-state index contributed by atoms with van der Waals surface area (Å²) in [7, 11) is -3.53. The number of sulfonamides is 1. The number of rotatable bonds is 9. The molecule has 1 aromatic heterocycles. The molecule has 0 radical (unpaired) electrons. The van der Waals surface area contributed by atoms with Crippen LogP contribution in [0, 0.1) is 0 Å².